The maximum Gasteiger partial charge on any atom is 0.0771 e. The zero-order chi connectivity index (χ0) is 13.9. The number of rotatable bonds is 3. The van der Waals surface area contributed by atoms with Gasteiger partial charge in [-0.25, -0.2) is 0 Å². The fraction of sp³-hybridized carbons (Fsp3) is 0.353. The average molecular weight is 284 g/mol. The summed E-state index contributed by atoms with van der Waals surface area (Å²) in [5.41, 5.74) is 7.21. The third kappa shape index (κ3) is 2.84. The second-order valence-corrected chi connectivity index (χ2v) is 6.09. The van der Waals surface area contributed by atoms with Crippen molar-refractivity contribution in [1.82, 2.24) is 4.90 Å². The van der Waals surface area contributed by atoms with Gasteiger partial charge in [0.2, 0.25) is 0 Å². The summed E-state index contributed by atoms with van der Waals surface area (Å²) in [7, 11) is 0. The first-order chi connectivity index (χ1) is 9.74. The minimum atomic E-state index is 0.383. The monoisotopic (exact) mass is 284 g/mol. The number of hydrogen-bond acceptors (Lipinski definition) is 2. The van der Waals surface area contributed by atoms with Crippen LogP contribution in [0, 0.1) is 5.92 Å². The van der Waals surface area contributed by atoms with E-state index in [9.17, 15) is 0 Å². The lowest BCUT2D eigenvalue weighted by molar-refractivity contribution is 0.198. The van der Waals surface area contributed by atoms with Crippen LogP contribution in [-0.4, -0.2) is 23.0 Å². The van der Waals surface area contributed by atoms with E-state index in [0.29, 0.717) is 10.9 Å². The molecule has 0 amide bonds. The summed E-state index contributed by atoms with van der Waals surface area (Å²) < 4.78 is 0. The van der Waals surface area contributed by atoms with Gasteiger partial charge in [0.25, 0.3) is 0 Å². The predicted molar refractivity (Wildman–Crippen MR) is 88.7 cm³/mol. The van der Waals surface area contributed by atoms with Gasteiger partial charge in [0.15, 0.2) is 0 Å². The largest absolute Gasteiger partial charge is 0.393 e. The number of thiocarbonyl (C=S) groups is 1. The molecule has 2 aromatic rings. The Morgan fingerprint density at radius 1 is 1.20 bits per heavy atom. The van der Waals surface area contributed by atoms with Crippen molar-refractivity contribution in [2.45, 2.75) is 19.4 Å². The van der Waals surface area contributed by atoms with E-state index in [1.54, 1.807) is 0 Å². The fourth-order valence-electron chi connectivity index (χ4n) is 3.10. The number of nitrogens with zero attached hydrogens (tertiary/aromatic N) is 1. The number of nitrogens with two attached hydrogens (primary N) is 1. The lowest BCUT2D eigenvalue weighted by atomic mass is 9.97. The highest BCUT2D eigenvalue weighted by Gasteiger charge is 2.22. The molecule has 0 aliphatic carbocycles. The molecule has 3 rings (SSSR count). The van der Waals surface area contributed by atoms with Crippen LogP contribution in [0.3, 0.4) is 0 Å². The minimum Gasteiger partial charge on any atom is -0.393 e. The van der Waals surface area contributed by atoms with Crippen molar-refractivity contribution in [1.29, 1.82) is 0 Å². The van der Waals surface area contributed by atoms with Gasteiger partial charge in [0, 0.05) is 19.0 Å². The Morgan fingerprint density at radius 2 is 2.00 bits per heavy atom. The maximum atomic E-state index is 5.82. The van der Waals surface area contributed by atoms with Gasteiger partial charge in [0.1, 0.15) is 0 Å². The van der Waals surface area contributed by atoms with Gasteiger partial charge in [-0.05, 0) is 35.7 Å². The van der Waals surface area contributed by atoms with Gasteiger partial charge in [0.05, 0.1) is 4.99 Å². The van der Waals surface area contributed by atoms with Crippen LogP contribution in [0.15, 0.2) is 42.5 Å². The van der Waals surface area contributed by atoms with Crippen LogP contribution in [0.4, 0.5) is 0 Å². The molecule has 1 unspecified atom stereocenters. The standard InChI is InChI=1S/C17H20N2S/c18-17(20)15-8-4-10-19(12-15)11-14-7-3-6-13-5-1-2-9-16(13)14/h1-3,5-7,9,15H,4,8,10-12H2,(H2,18,20). The number of hydrogen-bond donors (Lipinski definition) is 1. The molecule has 0 radical (unpaired) electrons. The first kappa shape index (κ1) is 13.5. The van der Waals surface area contributed by atoms with Gasteiger partial charge < -0.3 is 5.73 Å². The van der Waals surface area contributed by atoms with E-state index in [1.807, 2.05) is 0 Å². The summed E-state index contributed by atoms with van der Waals surface area (Å²) in [6, 6.07) is 15.1. The third-order valence-electron chi connectivity index (χ3n) is 4.18. The molecule has 1 fully saturated rings. The zero-order valence-corrected chi connectivity index (χ0v) is 12.4. The van der Waals surface area contributed by atoms with Crippen LogP contribution in [0.5, 0.6) is 0 Å². The topological polar surface area (TPSA) is 29.3 Å². The molecule has 1 aliphatic rings. The van der Waals surface area contributed by atoms with Gasteiger partial charge in [-0.2, -0.15) is 0 Å². The molecular weight excluding hydrogens is 264 g/mol. The number of benzene rings is 2. The van der Waals surface area contributed by atoms with Gasteiger partial charge in [-0.3, -0.25) is 4.90 Å². The molecule has 1 saturated heterocycles. The fourth-order valence-corrected chi connectivity index (χ4v) is 3.30. The van der Waals surface area contributed by atoms with Gasteiger partial charge >= 0.3 is 0 Å². The quantitative estimate of drug-likeness (QED) is 0.877. The third-order valence-corrected chi connectivity index (χ3v) is 4.52. The number of likely N-dealkylation sites (tertiary alicyclic amines) is 1. The number of fused-ring (bicyclic) bond motifs is 1. The van der Waals surface area contributed by atoms with Crippen molar-refractivity contribution in [2.75, 3.05) is 13.1 Å². The van der Waals surface area contributed by atoms with Crippen LogP contribution in [0.1, 0.15) is 18.4 Å². The zero-order valence-electron chi connectivity index (χ0n) is 11.6. The summed E-state index contributed by atoms with van der Waals surface area (Å²) in [5, 5.41) is 2.67. The average Bonchev–Trinajstić information content (AvgIpc) is 2.48. The van der Waals surface area contributed by atoms with Crippen LogP contribution in [0.2, 0.25) is 0 Å². The first-order valence-electron chi connectivity index (χ1n) is 7.22. The summed E-state index contributed by atoms with van der Waals surface area (Å²) in [6.45, 7) is 3.13. The molecule has 1 heterocycles. The van der Waals surface area contributed by atoms with Crippen molar-refractivity contribution >= 4 is 28.0 Å². The molecule has 104 valence electrons. The van der Waals surface area contributed by atoms with E-state index >= 15 is 0 Å². The highest BCUT2D eigenvalue weighted by Crippen LogP contribution is 2.23. The van der Waals surface area contributed by atoms with E-state index < -0.39 is 0 Å². The van der Waals surface area contributed by atoms with Crippen LogP contribution in [0.25, 0.3) is 10.8 Å². The summed E-state index contributed by atoms with van der Waals surface area (Å²) in [5.74, 6) is 0.383. The summed E-state index contributed by atoms with van der Waals surface area (Å²) in [4.78, 5) is 3.15. The summed E-state index contributed by atoms with van der Waals surface area (Å²) >= 11 is 5.16. The van der Waals surface area contributed by atoms with Crippen LogP contribution >= 0.6 is 12.2 Å². The Bertz CT molecular complexity index is 618. The molecule has 1 atom stereocenters. The molecule has 2 aromatic carbocycles. The Hall–Kier alpha value is -1.45. The maximum absolute atomic E-state index is 5.82. The Balaban J connectivity index is 1.81. The van der Waals surface area contributed by atoms with Gasteiger partial charge in [-0.15, -0.1) is 0 Å². The van der Waals surface area contributed by atoms with E-state index in [1.165, 1.54) is 22.8 Å². The Morgan fingerprint density at radius 3 is 2.85 bits per heavy atom. The second kappa shape index (κ2) is 5.90. The van der Waals surface area contributed by atoms with Crippen LogP contribution in [-0.2, 0) is 6.54 Å². The molecule has 0 bridgehead atoms. The minimum absolute atomic E-state index is 0.383. The van der Waals surface area contributed by atoms with Crippen molar-refractivity contribution in [3.63, 3.8) is 0 Å². The molecule has 0 spiro atoms. The second-order valence-electron chi connectivity index (χ2n) is 5.61. The molecule has 0 saturated carbocycles. The van der Waals surface area contributed by atoms with E-state index in [4.69, 9.17) is 18.0 Å². The van der Waals surface area contributed by atoms with E-state index in [-0.39, 0.29) is 0 Å². The van der Waals surface area contributed by atoms with Crippen molar-refractivity contribution in [2.24, 2.45) is 11.7 Å². The smallest absolute Gasteiger partial charge is 0.0771 e. The van der Waals surface area contributed by atoms with E-state index in [2.05, 4.69) is 47.4 Å². The Kier molecular flexibility index (Phi) is 3.99. The molecule has 20 heavy (non-hydrogen) atoms. The highest BCUT2D eigenvalue weighted by molar-refractivity contribution is 7.80. The molecular formula is C17H20N2S. The molecule has 0 aromatic heterocycles. The van der Waals surface area contributed by atoms with Crippen molar-refractivity contribution in [3.8, 4) is 0 Å². The van der Waals surface area contributed by atoms with Crippen molar-refractivity contribution < 1.29 is 0 Å². The van der Waals surface area contributed by atoms with Gasteiger partial charge in [-0.1, -0.05) is 54.7 Å². The first-order valence-corrected chi connectivity index (χ1v) is 7.63. The molecule has 2 N–H and O–H groups in total. The normalized spacial score (nSPS) is 20.1. The number of piperidine rings is 1. The molecule has 2 nitrogen and oxygen atoms in total. The molecule has 3 heteroatoms. The van der Waals surface area contributed by atoms with E-state index in [0.717, 1.165) is 26.1 Å². The lowest BCUT2D eigenvalue weighted by Gasteiger charge is -2.32. The molecule has 1 aliphatic heterocycles. The predicted octanol–water partition coefficient (Wildman–Crippen LogP) is 3.34. The summed E-state index contributed by atoms with van der Waals surface area (Å²) in [6.07, 6.45) is 2.33. The Labute approximate surface area is 125 Å². The SMILES string of the molecule is NC(=S)C1CCCN(Cc2cccc3ccccc23)C1. The highest BCUT2D eigenvalue weighted by atomic mass is 32.1. The van der Waals surface area contributed by atoms with Crippen molar-refractivity contribution in [3.05, 3.63) is 48.0 Å². The van der Waals surface area contributed by atoms with Crippen LogP contribution < -0.4 is 5.73 Å². The lowest BCUT2D eigenvalue weighted by Crippen LogP contribution is -2.40.